The predicted octanol–water partition coefficient (Wildman–Crippen LogP) is 20.1. The highest BCUT2D eigenvalue weighted by atomic mass is 32.2. The van der Waals surface area contributed by atoms with Crippen molar-refractivity contribution < 1.29 is 13.2 Å². The summed E-state index contributed by atoms with van der Waals surface area (Å²) in [6, 6.07) is 44.9. The molecular formula is C101H147N9O3S. The number of para-hydroxylation sites is 6. The van der Waals surface area contributed by atoms with Crippen LogP contribution in [0.2, 0.25) is 0 Å². The molecule has 1 N–H and O–H groups in total. The first kappa shape index (κ1) is 79.8. The third-order valence-electron chi connectivity index (χ3n) is 34.0. The van der Waals surface area contributed by atoms with Gasteiger partial charge in [0.05, 0.1) is 29.4 Å². The Morgan fingerprint density at radius 3 is 1.32 bits per heavy atom. The topological polar surface area (TPSA) is 81.3 Å². The van der Waals surface area contributed by atoms with Gasteiger partial charge in [-0.2, -0.15) is 0 Å². The normalized spacial score (nSPS) is 35.0. The van der Waals surface area contributed by atoms with E-state index in [1.807, 2.05) is 18.2 Å². The number of rotatable bonds is 16. The summed E-state index contributed by atoms with van der Waals surface area (Å²) in [5.41, 5.74) is 11.9. The van der Waals surface area contributed by atoms with Crippen molar-refractivity contribution in [1.29, 1.82) is 0 Å². The summed E-state index contributed by atoms with van der Waals surface area (Å²) in [6.07, 6.45) is 42.6. The zero-order valence-electron chi connectivity index (χ0n) is 71.0. The molecule has 620 valence electrons. The molecule has 11 unspecified atom stereocenters. The van der Waals surface area contributed by atoms with Crippen molar-refractivity contribution in [3.8, 4) is 5.75 Å². The van der Waals surface area contributed by atoms with E-state index in [1.165, 1.54) is 247 Å². The first-order valence-electron chi connectivity index (χ1n) is 47.6. The van der Waals surface area contributed by atoms with E-state index in [0.717, 1.165) is 182 Å². The number of hydrogen-bond donors (Lipinski definition) is 1. The highest BCUT2D eigenvalue weighted by molar-refractivity contribution is 7.93. The van der Waals surface area contributed by atoms with E-state index < -0.39 is 10.0 Å². The summed E-state index contributed by atoms with van der Waals surface area (Å²) in [4.78, 5) is 21.0. The van der Waals surface area contributed by atoms with Gasteiger partial charge in [-0.1, -0.05) is 123 Å². The Morgan fingerprint density at radius 2 is 0.772 bits per heavy atom. The van der Waals surface area contributed by atoms with Crippen LogP contribution in [0.5, 0.6) is 5.75 Å². The minimum atomic E-state index is -3.22. The number of methoxy groups -OCH3 is 1. The Morgan fingerprint density at radius 1 is 0.342 bits per heavy atom. The largest absolute Gasteiger partial charge is 0.495 e. The van der Waals surface area contributed by atoms with Gasteiger partial charge in [0.25, 0.3) is 0 Å². The molecule has 0 aromatic heterocycles. The smallest absolute Gasteiger partial charge is 0.235 e. The second kappa shape index (κ2) is 36.3. The van der Waals surface area contributed by atoms with Crippen molar-refractivity contribution in [2.75, 3.05) is 149 Å². The molecule has 14 aliphatic carbocycles. The van der Waals surface area contributed by atoms with Crippen molar-refractivity contribution in [2.45, 2.75) is 230 Å². The van der Waals surface area contributed by atoms with E-state index in [9.17, 15) is 8.42 Å². The van der Waals surface area contributed by atoms with Gasteiger partial charge in [0.2, 0.25) is 10.0 Å². The molecule has 0 amide bonds. The maximum absolute atomic E-state index is 12.4. The third-order valence-corrected chi connectivity index (χ3v) is 35.9. The lowest BCUT2D eigenvalue weighted by Gasteiger charge is -2.57. The minimum absolute atomic E-state index is 0.191. The van der Waals surface area contributed by atoms with E-state index in [4.69, 9.17) is 4.74 Å². The van der Waals surface area contributed by atoms with Crippen molar-refractivity contribution in [2.24, 2.45) is 94.7 Å². The highest BCUT2D eigenvalue weighted by Crippen LogP contribution is 2.61. The maximum atomic E-state index is 12.4. The van der Waals surface area contributed by atoms with Gasteiger partial charge in [-0.15, -0.1) is 0 Å². The van der Waals surface area contributed by atoms with Crippen molar-refractivity contribution >= 4 is 38.5 Å². The van der Waals surface area contributed by atoms with Crippen LogP contribution in [0.3, 0.4) is 0 Å². The molecule has 5 aromatic carbocycles. The Kier molecular flexibility index (Phi) is 25.4. The van der Waals surface area contributed by atoms with Crippen molar-refractivity contribution in [3.05, 3.63) is 144 Å². The Balaban J connectivity index is 0.0000000994. The first-order chi connectivity index (χ1) is 55.8. The number of nitrogens with zero attached hydrogens (tertiary/aromatic N) is 8. The summed E-state index contributed by atoms with van der Waals surface area (Å²) in [5.74, 6) is 18.8. The van der Waals surface area contributed by atoms with Gasteiger partial charge in [-0.05, 0) is 328 Å². The average Bonchev–Trinajstić information content (AvgIpc) is 1.06. The zero-order chi connectivity index (χ0) is 77.2. The number of anilines is 5. The van der Waals surface area contributed by atoms with Crippen LogP contribution in [0.15, 0.2) is 121 Å². The highest BCUT2D eigenvalue weighted by Gasteiger charge is 2.52. The summed E-state index contributed by atoms with van der Waals surface area (Å²) < 4.78 is 33.1. The fourth-order valence-corrected chi connectivity index (χ4v) is 29.6. The van der Waals surface area contributed by atoms with Gasteiger partial charge >= 0.3 is 0 Å². The number of nitrogens with one attached hydrogen (secondary N) is 1. The zero-order valence-corrected chi connectivity index (χ0v) is 71.9. The maximum Gasteiger partial charge on any atom is 0.235 e. The monoisotopic (exact) mass is 1570 g/mol. The van der Waals surface area contributed by atoms with Crippen LogP contribution < -0.4 is 29.1 Å². The standard InChI is InChI=1S/C23H32.C21H31N3O2S.C20H30N2O.C19H28N2.C18H26N2/c1-15-4-2-3-5-22(15)18-6-8-19(9-7-18)23-20-11-16-10-17(13-20)14-21(23)12-16;25-27(26,19-7-8-19)22-20-3-1-2-4-21(20)24-11-9-23(10-12-24)15-18-14-16-5-6-17(18)13-16;1-23-20-5-3-2-4-19(20)22-12-10-21(11-13-22)15-18-9-7-16-6-8-17(18)14-16;1-15-4-2-3-5-19(15)21-10-8-20(9-11-21)18-13-16-6-7-17(12-16)14-18;1-14-4-2-3-5-17(14)19-8-10-20(11-9-19)18-13-15-6-7-16(18)12-15/h2-5,16-21,23H,6-14H2,1H3;1-4,16-19,22H,5-15H2;2-5,16-18H,6-15H2,1H3;2-5,16-18H,6-14H2,1H3;2-5,15-16,18H,6-13H2,1H3. The van der Waals surface area contributed by atoms with E-state index in [2.05, 4.69) is 168 Å². The quantitative estimate of drug-likeness (QED) is 0.103. The van der Waals surface area contributed by atoms with Crippen LogP contribution in [0.1, 0.15) is 214 Å². The lowest BCUT2D eigenvalue weighted by atomic mass is 9.48. The summed E-state index contributed by atoms with van der Waals surface area (Å²) >= 11 is 0. The molecule has 14 saturated carbocycles. The van der Waals surface area contributed by atoms with E-state index >= 15 is 0 Å². The van der Waals surface area contributed by atoms with Crippen molar-refractivity contribution in [1.82, 2.24) is 19.6 Å². The molecule has 18 fully saturated rings. The first-order valence-corrected chi connectivity index (χ1v) is 49.2. The molecule has 11 atom stereocenters. The Hall–Kier alpha value is -5.31. The molecule has 12 nitrogen and oxygen atoms in total. The lowest BCUT2D eigenvalue weighted by molar-refractivity contribution is -0.0687. The Labute approximate surface area is 690 Å². The third kappa shape index (κ3) is 18.7. The van der Waals surface area contributed by atoms with E-state index in [-0.39, 0.29) is 5.25 Å². The van der Waals surface area contributed by atoms with Crippen LogP contribution in [-0.2, 0) is 10.0 Å². The molecule has 0 radical (unpaired) electrons. The van der Waals surface area contributed by atoms with Gasteiger partial charge in [0.15, 0.2) is 0 Å². The molecule has 13 heteroatoms. The summed E-state index contributed by atoms with van der Waals surface area (Å²) in [5, 5.41) is -0.191. The SMILES string of the molecule is COc1ccccc1N1CCN(CC2CCC3CCC2C3)CC1.Cc1ccccc1C1CCC(C2C3CC4CC(C3)CC2C4)CC1.Cc1ccccc1N1CCN(C2CC3CCC(C3)C2)CC1.Cc1ccccc1N1CCN(C2CC3CCC2C3)CC1.O=S(=O)(Nc1ccccc1N1CCN(CC2CC3CCC2C3)CC1)C1CC1. The number of piperazine rings is 4. The number of hydrogen-bond acceptors (Lipinski definition) is 11. The molecule has 4 heterocycles. The van der Waals surface area contributed by atoms with Crippen LogP contribution in [0.25, 0.3) is 0 Å². The van der Waals surface area contributed by atoms with Gasteiger partial charge in [-0.25, -0.2) is 8.42 Å². The number of benzene rings is 5. The second-order valence-corrected chi connectivity index (χ2v) is 42.8. The van der Waals surface area contributed by atoms with Gasteiger partial charge in [0.1, 0.15) is 5.75 Å². The summed E-state index contributed by atoms with van der Waals surface area (Å²) in [7, 11) is -1.45. The fourth-order valence-electron chi connectivity index (χ4n) is 28.2. The van der Waals surface area contributed by atoms with Crippen LogP contribution in [-0.4, -0.2) is 170 Å². The molecule has 0 spiro atoms. The summed E-state index contributed by atoms with van der Waals surface area (Å²) in [6.45, 7) is 28.0. The minimum Gasteiger partial charge on any atom is -0.495 e. The van der Waals surface area contributed by atoms with Gasteiger partial charge < -0.3 is 24.3 Å². The number of fused-ring (bicyclic) bond motifs is 8. The molecule has 114 heavy (non-hydrogen) atoms. The number of sulfonamides is 1. The molecular weight excluding hydrogens is 1420 g/mol. The van der Waals surface area contributed by atoms with Gasteiger partial charge in [0, 0.05) is 141 Å². The van der Waals surface area contributed by atoms with Crippen LogP contribution in [0.4, 0.5) is 28.4 Å². The predicted molar refractivity (Wildman–Crippen MR) is 474 cm³/mol. The molecule has 12 bridgehead atoms. The molecule has 5 aromatic rings. The molecule has 18 aliphatic rings. The lowest BCUT2D eigenvalue weighted by Crippen LogP contribution is -2.51. The van der Waals surface area contributed by atoms with E-state index in [1.54, 1.807) is 51.2 Å². The number of ether oxygens (including phenoxy) is 1. The van der Waals surface area contributed by atoms with Crippen LogP contribution in [0, 0.1) is 115 Å². The van der Waals surface area contributed by atoms with Crippen LogP contribution >= 0.6 is 0 Å². The van der Waals surface area contributed by atoms with Crippen molar-refractivity contribution in [3.63, 3.8) is 0 Å². The number of aryl methyl sites for hydroxylation is 3. The molecule has 23 rings (SSSR count). The molecule has 4 aliphatic heterocycles. The second-order valence-electron chi connectivity index (χ2n) is 40.8. The fraction of sp³-hybridized carbons (Fsp3) is 0.703. The van der Waals surface area contributed by atoms with E-state index in [0.29, 0.717) is 0 Å². The Bertz CT molecular complexity index is 3990. The van der Waals surface area contributed by atoms with Gasteiger partial charge in [-0.3, -0.25) is 24.3 Å². The average molecular weight is 1570 g/mol. The molecule has 4 saturated heterocycles.